The molecule has 2 rings (SSSR count). The van der Waals surface area contributed by atoms with Gasteiger partial charge in [0.1, 0.15) is 11.5 Å². The average Bonchev–Trinajstić information content (AvgIpc) is 2.77. The molecule has 0 bridgehead atoms. The molecule has 17 heavy (non-hydrogen) atoms. The van der Waals surface area contributed by atoms with Crippen LogP contribution < -0.4 is 0 Å². The lowest BCUT2D eigenvalue weighted by molar-refractivity contribution is 0.524. The molecule has 88 valence electrons. The number of hydrogen-bond donors (Lipinski definition) is 0. The molecule has 2 heteroatoms. The van der Waals surface area contributed by atoms with Gasteiger partial charge in [0.25, 0.3) is 0 Å². The second kappa shape index (κ2) is 5.00. The topological polar surface area (TPSA) is 25.5 Å². The van der Waals surface area contributed by atoms with E-state index in [0.717, 1.165) is 17.2 Å². The van der Waals surface area contributed by atoms with Gasteiger partial charge in [-0.1, -0.05) is 30.3 Å². The fourth-order valence-electron chi connectivity index (χ4n) is 1.79. The molecule has 0 fully saturated rings. The zero-order valence-corrected chi connectivity index (χ0v) is 10.5. The quantitative estimate of drug-likeness (QED) is 0.723. The summed E-state index contributed by atoms with van der Waals surface area (Å²) in [5.74, 6) is 1.77. The van der Waals surface area contributed by atoms with Gasteiger partial charge in [-0.3, -0.25) is 4.99 Å². The summed E-state index contributed by atoms with van der Waals surface area (Å²) in [6.07, 6.45) is 0. The molecule has 1 aromatic heterocycles. The molecule has 0 radical (unpaired) electrons. The third kappa shape index (κ3) is 2.84. The molecule has 0 aliphatic rings. The van der Waals surface area contributed by atoms with E-state index in [9.17, 15) is 0 Å². The molecule has 0 N–H and O–H groups in total. The Morgan fingerprint density at radius 2 is 1.82 bits per heavy atom. The van der Waals surface area contributed by atoms with E-state index in [0.29, 0.717) is 0 Å². The van der Waals surface area contributed by atoms with Crippen molar-refractivity contribution in [2.45, 2.75) is 26.8 Å². The number of benzene rings is 1. The summed E-state index contributed by atoms with van der Waals surface area (Å²) in [5.41, 5.74) is 2.16. The normalized spacial score (nSPS) is 13.7. The average molecular weight is 227 g/mol. The number of nitrogens with zero attached hydrogens (tertiary/aromatic N) is 1. The highest BCUT2D eigenvalue weighted by Crippen LogP contribution is 2.18. The van der Waals surface area contributed by atoms with E-state index < -0.39 is 0 Å². The molecule has 0 aliphatic heterocycles. The van der Waals surface area contributed by atoms with Crippen LogP contribution in [-0.2, 0) is 0 Å². The van der Waals surface area contributed by atoms with E-state index in [1.807, 2.05) is 44.2 Å². The Balaban J connectivity index is 2.19. The molecule has 0 saturated heterocycles. The fourth-order valence-corrected chi connectivity index (χ4v) is 1.79. The van der Waals surface area contributed by atoms with Crippen molar-refractivity contribution in [3.8, 4) is 0 Å². The Kier molecular flexibility index (Phi) is 3.43. The molecule has 0 spiro atoms. The lowest BCUT2D eigenvalue weighted by atomic mass is 10.1. The van der Waals surface area contributed by atoms with E-state index in [-0.39, 0.29) is 6.04 Å². The maximum Gasteiger partial charge on any atom is 0.147 e. The van der Waals surface area contributed by atoms with Crippen molar-refractivity contribution in [1.29, 1.82) is 0 Å². The number of aliphatic imine (C=N–C) groups is 1. The third-order valence-corrected chi connectivity index (χ3v) is 2.77. The van der Waals surface area contributed by atoms with Crippen LogP contribution in [0.4, 0.5) is 0 Å². The van der Waals surface area contributed by atoms with Crippen LogP contribution in [0.1, 0.15) is 37.0 Å². The Bertz CT molecular complexity index is 511. The Hall–Kier alpha value is -1.83. The molecule has 2 aromatic rings. The summed E-state index contributed by atoms with van der Waals surface area (Å²) in [5, 5.41) is 0. The lowest BCUT2D eigenvalue weighted by Crippen LogP contribution is -1.97. The van der Waals surface area contributed by atoms with Crippen molar-refractivity contribution in [3.05, 3.63) is 59.5 Å². The fraction of sp³-hybridized carbons (Fsp3) is 0.267. The third-order valence-electron chi connectivity index (χ3n) is 2.77. The summed E-state index contributed by atoms with van der Waals surface area (Å²) in [6.45, 7) is 6.02. The standard InChI is InChI=1S/C15H17NO/c1-11-9-10-15(17-11)13(3)16-12(2)14-7-5-4-6-8-14/h4-10,12H,1-3H3/b16-13-/t12-/m1/s1. The molecule has 0 aliphatic carbocycles. The van der Waals surface area contributed by atoms with Crippen LogP contribution in [0.3, 0.4) is 0 Å². The minimum Gasteiger partial charge on any atom is -0.460 e. The largest absolute Gasteiger partial charge is 0.460 e. The molecule has 1 aromatic carbocycles. The van der Waals surface area contributed by atoms with Gasteiger partial charge in [0.05, 0.1) is 11.8 Å². The first-order valence-electron chi connectivity index (χ1n) is 5.83. The van der Waals surface area contributed by atoms with Crippen molar-refractivity contribution in [1.82, 2.24) is 0 Å². The van der Waals surface area contributed by atoms with Gasteiger partial charge in [-0.2, -0.15) is 0 Å². The molecule has 1 atom stereocenters. The zero-order chi connectivity index (χ0) is 12.3. The molecular weight excluding hydrogens is 210 g/mol. The minimum atomic E-state index is 0.154. The molecule has 2 nitrogen and oxygen atoms in total. The Morgan fingerprint density at radius 3 is 2.41 bits per heavy atom. The first-order chi connectivity index (χ1) is 8.16. The molecule has 0 unspecified atom stereocenters. The van der Waals surface area contributed by atoms with Crippen LogP contribution >= 0.6 is 0 Å². The summed E-state index contributed by atoms with van der Waals surface area (Å²) in [7, 11) is 0. The summed E-state index contributed by atoms with van der Waals surface area (Å²) < 4.78 is 5.55. The van der Waals surface area contributed by atoms with Gasteiger partial charge in [0.2, 0.25) is 0 Å². The number of furan rings is 1. The maximum atomic E-state index is 5.55. The molecular formula is C15H17NO. The molecule has 1 heterocycles. The number of hydrogen-bond acceptors (Lipinski definition) is 2. The van der Waals surface area contributed by atoms with Gasteiger partial charge in [0, 0.05) is 0 Å². The monoisotopic (exact) mass is 227 g/mol. The van der Waals surface area contributed by atoms with Crippen LogP contribution in [-0.4, -0.2) is 5.71 Å². The highest BCUT2D eigenvalue weighted by molar-refractivity contribution is 5.96. The van der Waals surface area contributed by atoms with Crippen molar-refractivity contribution in [3.63, 3.8) is 0 Å². The van der Waals surface area contributed by atoms with Crippen molar-refractivity contribution < 1.29 is 4.42 Å². The number of aryl methyl sites for hydroxylation is 1. The first kappa shape index (κ1) is 11.6. The van der Waals surface area contributed by atoms with E-state index in [4.69, 9.17) is 4.42 Å². The van der Waals surface area contributed by atoms with E-state index in [1.54, 1.807) is 0 Å². The summed E-state index contributed by atoms with van der Waals surface area (Å²) in [4.78, 5) is 4.65. The van der Waals surface area contributed by atoms with Gasteiger partial charge in [-0.15, -0.1) is 0 Å². The van der Waals surface area contributed by atoms with E-state index in [1.165, 1.54) is 5.56 Å². The van der Waals surface area contributed by atoms with Gasteiger partial charge in [-0.05, 0) is 38.5 Å². The first-order valence-corrected chi connectivity index (χ1v) is 5.83. The van der Waals surface area contributed by atoms with Crippen molar-refractivity contribution in [2.75, 3.05) is 0 Å². The molecule has 0 saturated carbocycles. The van der Waals surface area contributed by atoms with Crippen LogP contribution in [0.5, 0.6) is 0 Å². The van der Waals surface area contributed by atoms with E-state index >= 15 is 0 Å². The van der Waals surface area contributed by atoms with E-state index in [2.05, 4.69) is 24.0 Å². The number of rotatable bonds is 3. The smallest absolute Gasteiger partial charge is 0.147 e. The SMILES string of the molecule is C/C(=N/[C@H](C)c1ccccc1)c1ccc(C)o1. The second-order valence-corrected chi connectivity index (χ2v) is 4.21. The highest BCUT2D eigenvalue weighted by atomic mass is 16.3. The highest BCUT2D eigenvalue weighted by Gasteiger charge is 2.06. The summed E-state index contributed by atoms with van der Waals surface area (Å²) in [6, 6.07) is 14.3. The van der Waals surface area contributed by atoms with Crippen LogP contribution in [0, 0.1) is 6.92 Å². The predicted octanol–water partition coefficient (Wildman–Crippen LogP) is 4.16. The second-order valence-electron chi connectivity index (χ2n) is 4.21. The zero-order valence-electron chi connectivity index (χ0n) is 10.5. The predicted molar refractivity (Wildman–Crippen MR) is 70.5 cm³/mol. The Morgan fingerprint density at radius 1 is 1.12 bits per heavy atom. The summed E-state index contributed by atoms with van der Waals surface area (Å²) >= 11 is 0. The molecule has 0 amide bonds. The van der Waals surface area contributed by atoms with Crippen molar-refractivity contribution in [2.24, 2.45) is 4.99 Å². The van der Waals surface area contributed by atoms with Crippen LogP contribution in [0.15, 0.2) is 51.9 Å². The van der Waals surface area contributed by atoms with Gasteiger partial charge >= 0.3 is 0 Å². The van der Waals surface area contributed by atoms with Crippen molar-refractivity contribution >= 4 is 5.71 Å². The van der Waals surface area contributed by atoms with Gasteiger partial charge < -0.3 is 4.42 Å². The van der Waals surface area contributed by atoms with Crippen LogP contribution in [0.2, 0.25) is 0 Å². The van der Waals surface area contributed by atoms with Gasteiger partial charge in [0.15, 0.2) is 0 Å². The maximum absolute atomic E-state index is 5.55. The lowest BCUT2D eigenvalue weighted by Gasteiger charge is -2.07. The van der Waals surface area contributed by atoms with Crippen LogP contribution in [0.25, 0.3) is 0 Å². The minimum absolute atomic E-state index is 0.154. The van der Waals surface area contributed by atoms with Gasteiger partial charge in [-0.25, -0.2) is 0 Å². The Labute approximate surface area is 102 Å².